The van der Waals surface area contributed by atoms with Gasteiger partial charge in [0.05, 0.1) is 11.0 Å². The highest BCUT2D eigenvalue weighted by molar-refractivity contribution is 5.79. The number of rotatable bonds is 8. The number of nitrogens with zero attached hydrogens (tertiary/aromatic N) is 2. The normalized spacial score (nSPS) is 15.4. The molecular formula is C18H27N3O4. The Labute approximate surface area is 148 Å². The Morgan fingerprint density at radius 2 is 2.04 bits per heavy atom. The molecule has 1 heterocycles. The van der Waals surface area contributed by atoms with Crippen LogP contribution in [0.5, 0.6) is 0 Å². The van der Waals surface area contributed by atoms with E-state index in [0.29, 0.717) is 44.8 Å². The van der Waals surface area contributed by atoms with Crippen molar-refractivity contribution in [2.75, 3.05) is 31.1 Å². The summed E-state index contributed by atoms with van der Waals surface area (Å²) in [6.45, 7) is 6.55. The van der Waals surface area contributed by atoms with Gasteiger partial charge in [0.25, 0.3) is 5.69 Å². The second-order valence-electron chi connectivity index (χ2n) is 6.57. The van der Waals surface area contributed by atoms with Crippen molar-refractivity contribution in [3.05, 3.63) is 34.4 Å². The van der Waals surface area contributed by atoms with Crippen molar-refractivity contribution < 1.29 is 14.5 Å². The van der Waals surface area contributed by atoms with Gasteiger partial charge in [-0.05, 0) is 39.2 Å². The number of carbonyl (C=O) groups is 1. The fraction of sp³-hybridized carbons (Fsp3) is 0.611. The largest absolute Gasteiger partial charge is 0.379 e. The number of hydrogen-bond donors (Lipinski definition) is 1. The number of hydrogen-bond acceptors (Lipinski definition) is 5. The van der Waals surface area contributed by atoms with Crippen LogP contribution in [0.25, 0.3) is 0 Å². The summed E-state index contributed by atoms with van der Waals surface area (Å²) in [4.78, 5) is 25.0. The number of ether oxygens (including phenoxy) is 1. The summed E-state index contributed by atoms with van der Waals surface area (Å²) >= 11 is 0. The summed E-state index contributed by atoms with van der Waals surface area (Å²) in [5.41, 5.74) is 0.757. The van der Waals surface area contributed by atoms with E-state index in [2.05, 4.69) is 5.32 Å². The molecule has 0 unspecified atom stereocenters. The van der Waals surface area contributed by atoms with Crippen molar-refractivity contribution in [2.24, 2.45) is 5.92 Å². The number of nitro benzene ring substituents is 1. The minimum atomic E-state index is -0.354. The predicted molar refractivity (Wildman–Crippen MR) is 96.7 cm³/mol. The average molecular weight is 349 g/mol. The van der Waals surface area contributed by atoms with Crippen LogP contribution in [-0.2, 0) is 9.53 Å². The Kier molecular flexibility index (Phi) is 7.18. The summed E-state index contributed by atoms with van der Waals surface area (Å²) < 4.78 is 5.45. The minimum absolute atomic E-state index is 0.0231. The zero-order valence-corrected chi connectivity index (χ0v) is 14.9. The molecule has 1 saturated heterocycles. The molecule has 1 aromatic carbocycles. The molecule has 25 heavy (non-hydrogen) atoms. The number of para-hydroxylation sites is 2. The van der Waals surface area contributed by atoms with E-state index in [-0.39, 0.29) is 28.5 Å². The average Bonchev–Trinajstić information content (AvgIpc) is 2.61. The molecule has 0 aliphatic carbocycles. The highest BCUT2D eigenvalue weighted by atomic mass is 16.6. The lowest BCUT2D eigenvalue weighted by atomic mass is 9.95. The van der Waals surface area contributed by atoms with Crippen molar-refractivity contribution >= 4 is 17.3 Å². The second-order valence-corrected chi connectivity index (χ2v) is 6.57. The maximum Gasteiger partial charge on any atom is 0.292 e. The molecule has 0 spiro atoms. The Bertz CT molecular complexity index is 583. The summed E-state index contributed by atoms with van der Waals surface area (Å²) in [6.07, 6.45) is 2.43. The van der Waals surface area contributed by atoms with Crippen LogP contribution in [0.2, 0.25) is 0 Å². The van der Waals surface area contributed by atoms with E-state index in [1.165, 1.54) is 6.07 Å². The van der Waals surface area contributed by atoms with Gasteiger partial charge < -0.3 is 15.0 Å². The van der Waals surface area contributed by atoms with Crippen LogP contribution in [0.1, 0.15) is 33.1 Å². The van der Waals surface area contributed by atoms with E-state index < -0.39 is 0 Å². The predicted octanol–water partition coefficient (Wildman–Crippen LogP) is 2.74. The van der Waals surface area contributed by atoms with Gasteiger partial charge in [-0.25, -0.2) is 0 Å². The van der Waals surface area contributed by atoms with Gasteiger partial charge in [0.1, 0.15) is 5.69 Å². The molecule has 1 fully saturated rings. The number of nitro groups is 1. The molecule has 1 aliphatic heterocycles. The molecule has 0 aromatic heterocycles. The third-order valence-corrected chi connectivity index (χ3v) is 4.36. The van der Waals surface area contributed by atoms with Gasteiger partial charge in [-0.1, -0.05) is 12.1 Å². The fourth-order valence-electron chi connectivity index (χ4n) is 3.02. The smallest absolute Gasteiger partial charge is 0.292 e. The van der Waals surface area contributed by atoms with Crippen molar-refractivity contribution in [1.29, 1.82) is 0 Å². The van der Waals surface area contributed by atoms with E-state index in [9.17, 15) is 14.9 Å². The van der Waals surface area contributed by atoms with Crippen LogP contribution in [0.4, 0.5) is 11.4 Å². The van der Waals surface area contributed by atoms with Gasteiger partial charge in [-0.15, -0.1) is 0 Å². The maximum atomic E-state index is 12.2. The highest BCUT2D eigenvalue weighted by Crippen LogP contribution is 2.31. The molecule has 7 heteroatoms. The topological polar surface area (TPSA) is 84.7 Å². The number of nitrogens with one attached hydrogen (secondary N) is 1. The molecule has 1 aromatic rings. The number of benzene rings is 1. The lowest BCUT2D eigenvalue weighted by Gasteiger charge is -2.32. The number of amides is 1. The summed E-state index contributed by atoms with van der Waals surface area (Å²) in [6, 6.07) is 6.77. The fourth-order valence-corrected chi connectivity index (χ4v) is 3.02. The minimum Gasteiger partial charge on any atom is -0.379 e. The van der Waals surface area contributed by atoms with Crippen LogP contribution in [0, 0.1) is 16.0 Å². The van der Waals surface area contributed by atoms with Crippen molar-refractivity contribution in [1.82, 2.24) is 5.32 Å². The van der Waals surface area contributed by atoms with E-state index in [1.807, 2.05) is 18.7 Å². The number of carbonyl (C=O) groups excluding carboxylic acids is 1. The molecule has 0 radical (unpaired) electrons. The van der Waals surface area contributed by atoms with E-state index in [1.54, 1.807) is 18.2 Å². The monoisotopic (exact) mass is 349 g/mol. The molecule has 1 amide bonds. The Morgan fingerprint density at radius 3 is 2.68 bits per heavy atom. The first-order chi connectivity index (χ1) is 12.0. The molecule has 0 bridgehead atoms. The number of piperidine rings is 1. The zero-order valence-electron chi connectivity index (χ0n) is 14.9. The van der Waals surface area contributed by atoms with Gasteiger partial charge in [0, 0.05) is 38.2 Å². The van der Waals surface area contributed by atoms with Crippen LogP contribution >= 0.6 is 0 Å². The number of anilines is 1. The third-order valence-electron chi connectivity index (χ3n) is 4.36. The zero-order chi connectivity index (χ0) is 18.2. The first-order valence-corrected chi connectivity index (χ1v) is 8.86. The van der Waals surface area contributed by atoms with Gasteiger partial charge in [0.15, 0.2) is 0 Å². The SMILES string of the molecule is CC(C)OCCCNC(=O)C1CCN(c2ccccc2[N+](=O)[O-])CC1. The summed E-state index contributed by atoms with van der Waals surface area (Å²) in [5.74, 6) is 0.0526. The first-order valence-electron chi connectivity index (χ1n) is 8.86. The summed E-state index contributed by atoms with van der Waals surface area (Å²) in [7, 11) is 0. The molecule has 0 atom stereocenters. The Morgan fingerprint density at radius 1 is 1.36 bits per heavy atom. The third kappa shape index (κ3) is 5.70. The molecule has 1 N–H and O–H groups in total. The highest BCUT2D eigenvalue weighted by Gasteiger charge is 2.27. The quantitative estimate of drug-likeness (QED) is 0.443. The van der Waals surface area contributed by atoms with E-state index in [4.69, 9.17) is 4.74 Å². The first kappa shape index (κ1) is 19.2. The standard InChI is InChI=1S/C18H27N3O4/c1-14(2)25-13-5-10-19-18(22)15-8-11-20(12-9-15)16-6-3-4-7-17(16)21(23)24/h3-4,6-7,14-15H,5,8-13H2,1-2H3,(H,19,22). The van der Waals surface area contributed by atoms with Crippen molar-refractivity contribution in [2.45, 2.75) is 39.2 Å². The second kappa shape index (κ2) is 9.36. The molecule has 1 aliphatic rings. The molecule has 0 saturated carbocycles. The van der Waals surface area contributed by atoms with Crippen LogP contribution < -0.4 is 10.2 Å². The Hall–Kier alpha value is -2.15. The van der Waals surface area contributed by atoms with Crippen molar-refractivity contribution in [3.63, 3.8) is 0 Å². The van der Waals surface area contributed by atoms with E-state index in [0.717, 1.165) is 6.42 Å². The van der Waals surface area contributed by atoms with Crippen molar-refractivity contribution in [3.8, 4) is 0 Å². The summed E-state index contributed by atoms with van der Waals surface area (Å²) in [5, 5.41) is 14.1. The molecular weight excluding hydrogens is 322 g/mol. The van der Waals surface area contributed by atoms with Gasteiger partial charge >= 0.3 is 0 Å². The van der Waals surface area contributed by atoms with Gasteiger partial charge in [0.2, 0.25) is 5.91 Å². The molecule has 7 nitrogen and oxygen atoms in total. The maximum absolute atomic E-state index is 12.2. The van der Waals surface area contributed by atoms with Gasteiger partial charge in [-0.3, -0.25) is 14.9 Å². The van der Waals surface area contributed by atoms with E-state index >= 15 is 0 Å². The molecule has 138 valence electrons. The van der Waals surface area contributed by atoms with Crippen LogP contribution in [-0.4, -0.2) is 43.2 Å². The lowest BCUT2D eigenvalue weighted by Crippen LogP contribution is -2.41. The Balaban J connectivity index is 1.78. The lowest BCUT2D eigenvalue weighted by molar-refractivity contribution is -0.384. The van der Waals surface area contributed by atoms with Gasteiger partial charge in [-0.2, -0.15) is 0 Å². The molecule has 2 rings (SSSR count). The van der Waals surface area contributed by atoms with Crippen LogP contribution in [0.15, 0.2) is 24.3 Å². The van der Waals surface area contributed by atoms with Crippen LogP contribution in [0.3, 0.4) is 0 Å².